The summed E-state index contributed by atoms with van der Waals surface area (Å²) in [5.41, 5.74) is 0.532. The number of anilines is 1. The fraction of sp³-hybridized carbons (Fsp3) is 0.167. The molecule has 2 rings (SSSR count). The molecule has 4 nitrogen and oxygen atoms in total. The third-order valence-electron chi connectivity index (χ3n) is 2.37. The first-order valence-electron chi connectivity index (χ1n) is 5.31. The van der Waals surface area contributed by atoms with Crippen molar-refractivity contribution in [3.05, 3.63) is 47.2 Å². The third kappa shape index (κ3) is 2.71. The molecule has 0 unspecified atom stereocenters. The fourth-order valence-corrected chi connectivity index (χ4v) is 1.53. The molecule has 0 fully saturated rings. The highest BCUT2D eigenvalue weighted by atomic mass is 19.1. The summed E-state index contributed by atoms with van der Waals surface area (Å²) in [6.07, 6.45) is -0.371. The minimum Gasteiger partial charge on any atom is -0.309 e. The Bertz CT molecular complexity index is 560. The summed E-state index contributed by atoms with van der Waals surface area (Å²) in [5.74, 6) is -1.66. The maximum absolute atomic E-state index is 13.3. The molecule has 0 atom stereocenters. The number of aromatic nitrogens is 2. The van der Waals surface area contributed by atoms with Crippen LogP contribution in [0.25, 0.3) is 0 Å². The van der Waals surface area contributed by atoms with Gasteiger partial charge >= 0.3 is 0 Å². The number of carbonyl (C=O) groups is 1. The van der Waals surface area contributed by atoms with Crippen LogP contribution in [-0.2, 0) is 11.2 Å². The summed E-state index contributed by atoms with van der Waals surface area (Å²) in [6, 6.07) is 5.10. The van der Waals surface area contributed by atoms with Crippen molar-refractivity contribution in [1.82, 2.24) is 10.2 Å². The van der Waals surface area contributed by atoms with Crippen molar-refractivity contribution in [2.45, 2.75) is 13.3 Å². The van der Waals surface area contributed by atoms with Gasteiger partial charge in [0.2, 0.25) is 5.91 Å². The van der Waals surface area contributed by atoms with Crippen molar-refractivity contribution in [2.24, 2.45) is 0 Å². The zero-order valence-electron chi connectivity index (χ0n) is 9.63. The summed E-state index contributed by atoms with van der Waals surface area (Å²) in [6.45, 7) is 1.78. The van der Waals surface area contributed by atoms with Crippen LogP contribution in [0.5, 0.6) is 0 Å². The van der Waals surface area contributed by atoms with E-state index in [0.29, 0.717) is 5.82 Å². The molecule has 0 aliphatic carbocycles. The number of benzene rings is 1. The lowest BCUT2D eigenvalue weighted by Gasteiger charge is -2.04. The molecule has 1 heterocycles. The normalized spacial score (nSPS) is 10.4. The van der Waals surface area contributed by atoms with Crippen LogP contribution >= 0.6 is 0 Å². The topological polar surface area (TPSA) is 57.8 Å². The number of nitrogens with one attached hydrogen (secondary N) is 2. The molecule has 18 heavy (non-hydrogen) atoms. The van der Waals surface area contributed by atoms with E-state index in [4.69, 9.17) is 0 Å². The second kappa shape index (κ2) is 4.95. The van der Waals surface area contributed by atoms with Crippen LogP contribution in [0.2, 0.25) is 0 Å². The van der Waals surface area contributed by atoms with E-state index in [2.05, 4.69) is 15.5 Å². The van der Waals surface area contributed by atoms with Gasteiger partial charge in [-0.3, -0.25) is 9.89 Å². The number of H-pyrrole nitrogens is 1. The van der Waals surface area contributed by atoms with Gasteiger partial charge in [0.05, 0.1) is 6.42 Å². The molecule has 1 aromatic heterocycles. The van der Waals surface area contributed by atoms with E-state index in [1.165, 1.54) is 6.07 Å². The molecule has 0 aliphatic rings. The summed E-state index contributed by atoms with van der Waals surface area (Å²) >= 11 is 0. The van der Waals surface area contributed by atoms with Crippen LogP contribution in [-0.4, -0.2) is 16.1 Å². The van der Waals surface area contributed by atoms with Gasteiger partial charge in [0.1, 0.15) is 11.6 Å². The molecule has 6 heteroatoms. The van der Waals surface area contributed by atoms with Crippen LogP contribution in [0.15, 0.2) is 24.3 Å². The van der Waals surface area contributed by atoms with E-state index in [1.807, 2.05) is 0 Å². The largest absolute Gasteiger partial charge is 0.309 e. The zero-order chi connectivity index (χ0) is 13.1. The Morgan fingerprint density at radius 1 is 1.39 bits per heavy atom. The van der Waals surface area contributed by atoms with Gasteiger partial charge in [-0.05, 0) is 19.1 Å². The molecule has 0 aliphatic heterocycles. The molecule has 0 saturated heterocycles. The minimum atomic E-state index is -0.733. The van der Waals surface area contributed by atoms with Gasteiger partial charge in [0.25, 0.3) is 0 Å². The van der Waals surface area contributed by atoms with Crippen molar-refractivity contribution in [3.63, 3.8) is 0 Å². The number of hydrogen-bond donors (Lipinski definition) is 2. The molecular formula is C12H11F2N3O. The van der Waals surface area contributed by atoms with Crippen LogP contribution in [0.1, 0.15) is 11.3 Å². The predicted molar refractivity (Wildman–Crippen MR) is 62.0 cm³/mol. The number of rotatable bonds is 3. The second-order valence-electron chi connectivity index (χ2n) is 3.86. The molecule has 2 N–H and O–H groups in total. The fourth-order valence-electron chi connectivity index (χ4n) is 1.53. The maximum Gasteiger partial charge on any atom is 0.230 e. The highest BCUT2D eigenvalue weighted by Gasteiger charge is 2.13. The van der Waals surface area contributed by atoms with Gasteiger partial charge in [0.15, 0.2) is 5.82 Å². The minimum absolute atomic E-state index is 0.248. The van der Waals surface area contributed by atoms with E-state index in [1.54, 1.807) is 13.0 Å². The number of hydrogen-bond acceptors (Lipinski definition) is 2. The van der Waals surface area contributed by atoms with Crippen LogP contribution in [0, 0.1) is 18.6 Å². The smallest absolute Gasteiger partial charge is 0.230 e. The standard InChI is InChI=1S/C12H11F2N3O/c1-7-5-11(17-16-7)15-12(18)6-8-9(13)3-2-4-10(8)14/h2-5H,6H2,1H3,(H2,15,16,17,18). The molecule has 1 amide bonds. The Morgan fingerprint density at radius 3 is 2.61 bits per heavy atom. The molecule has 1 aromatic carbocycles. The lowest BCUT2D eigenvalue weighted by molar-refractivity contribution is -0.115. The quantitative estimate of drug-likeness (QED) is 0.878. The van der Waals surface area contributed by atoms with Crippen molar-refractivity contribution in [2.75, 3.05) is 5.32 Å². The van der Waals surface area contributed by atoms with Gasteiger partial charge in [-0.15, -0.1) is 0 Å². The summed E-state index contributed by atoms with van der Waals surface area (Å²) in [7, 11) is 0. The molecule has 0 radical (unpaired) electrons. The number of carbonyl (C=O) groups excluding carboxylic acids is 1. The molecule has 94 valence electrons. The van der Waals surface area contributed by atoms with Gasteiger partial charge < -0.3 is 5.32 Å². The molecule has 0 saturated carbocycles. The van der Waals surface area contributed by atoms with Gasteiger partial charge in [-0.2, -0.15) is 5.10 Å². The van der Waals surface area contributed by atoms with E-state index < -0.39 is 17.5 Å². The average molecular weight is 251 g/mol. The van der Waals surface area contributed by atoms with Crippen LogP contribution in [0.3, 0.4) is 0 Å². The van der Waals surface area contributed by atoms with Crippen LogP contribution in [0.4, 0.5) is 14.6 Å². The van der Waals surface area contributed by atoms with Gasteiger partial charge in [0, 0.05) is 17.3 Å². The third-order valence-corrected chi connectivity index (χ3v) is 2.37. The molecule has 0 bridgehead atoms. The number of aromatic amines is 1. The first-order valence-corrected chi connectivity index (χ1v) is 5.31. The lowest BCUT2D eigenvalue weighted by atomic mass is 10.1. The van der Waals surface area contributed by atoms with Crippen molar-refractivity contribution >= 4 is 11.7 Å². The molecular weight excluding hydrogens is 240 g/mol. The van der Waals surface area contributed by atoms with Crippen LogP contribution < -0.4 is 5.32 Å². The Kier molecular flexibility index (Phi) is 3.36. The molecule has 2 aromatic rings. The summed E-state index contributed by atoms with van der Waals surface area (Å²) in [5, 5.41) is 8.90. The van der Waals surface area contributed by atoms with Gasteiger partial charge in [-0.25, -0.2) is 8.78 Å². The van der Waals surface area contributed by atoms with E-state index in [0.717, 1.165) is 17.8 Å². The van der Waals surface area contributed by atoms with Gasteiger partial charge in [-0.1, -0.05) is 6.07 Å². The average Bonchev–Trinajstić information content (AvgIpc) is 2.69. The zero-order valence-corrected chi connectivity index (χ0v) is 9.63. The highest BCUT2D eigenvalue weighted by molar-refractivity contribution is 5.91. The number of amides is 1. The number of aryl methyl sites for hydroxylation is 1. The second-order valence-corrected chi connectivity index (χ2v) is 3.86. The first-order chi connectivity index (χ1) is 8.56. The molecule has 0 spiro atoms. The lowest BCUT2D eigenvalue weighted by Crippen LogP contribution is -2.16. The maximum atomic E-state index is 13.3. The SMILES string of the molecule is Cc1cc(NC(=O)Cc2c(F)cccc2F)n[nH]1. The number of nitrogens with zero attached hydrogens (tertiary/aromatic N) is 1. The van der Waals surface area contributed by atoms with E-state index >= 15 is 0 Å². The monoisotopic (exact) mass is 251 g/mol. The number of halogens is 2. The Labute approximate surface area is 102 Å². The Balaban J connectivity index is 2.08. The first kappa shape index (κ1) is 12.2. The van der Waals surface area contributed by atoms with Crippen molar-refractivity contribution in [1.29, 1.82) is 0 Å². The van der Waals surface area contributed by atoms with Crippen molar-refractivity contribution in [3.8, 4) is 0 Å². The van der Waals surface area contributed by atoms with E-state index in [9.17, 15) is 13.6 Å². The van der Waals surface area contributed by atoms with E-state index in [-0.39, 0.29) is 12.0 Å². The Morgan fingerprint density at radius 2 is 2.06 bits per heavy atom. The summed E-state index contributed by atoms with van der Waals surface area (Å²) < 4.78 is 26.6. The highest BCUT2D eigenvalue weighted by Crippen LogP contribution is 2.13. The predicted octanol–water partition coefficient (Wildman–Crippen LogP) is 2.18. The summed E-state index contributed by atoms with van der Waals surface area (Å²) in [4.78, 5) is 11.6. The van der Waals surface area contributed by atoms with Crippen molar-refractivity contribution < 1.29 is 13.6 Å². The Hall–Kier alpha value is -2.24.